The predicted octanol–water partition coefficient (Wildman–Crippen LogP) is 2.37. The summed E-state index contributed by atoms with van der Waals surface area (Å²) in [6.07, 6.45) is 1.21. The van der Waals surface area contributed by atoms with Crippen LogP contribution < -0.4 is 5.73 Å². The SMILES string of the molecule is CC(=O)OCCc1[nH]c2ccccc2c1C.N#CCCOC(=O)CCN. The number of nitrogens with one attached hydrogen (secondary N) is 1. The van der Waals surface area contributed by atoms with Crippen molar-refractivity contribution in [3.8, 4) is 6.07 Å². The fourth-order valence-electron chi connectivity index (χ4n) is 2.29. The van der Waals surface area contributed by atoms with Gasteiger partial charge in [-0.15, -0.1) is 0 Å². The Labute approximate surface area is 153 Å². The van der Waals surface area contributed by atoms with E-state index in [-0.39, 0.29) is 31.4 Å². The fraction of sp³-hybridized carbons (Fsp3) is 0.421. The Kier molecular flexibility index (Phi) is 9.50. The molecule has 0 saturated heterocycles. The first-order valence-corrected chi connectivity index (χ1v) is 8.41. The molecule has 0 amide bonds. The number of aromatic amines is 1. The van der Waals surface area contributed by atoms with Crippen LogP contribution in [-0.2, 0) is 25.5 Å². The number of nitriles is 1. The lowest BCUT2D eigenvalue weighted by Crippen LogP contribution is -2.11. The molecule has 2 rings (SSSR count). The second-order valence-electron chi connectivity index (χ2n) is 5.53. The van der Waals surface area contributed by atoms with Crippen molar-refractivity contribution in [1.82, 2.24) is 4.98 Å². The van der Waals surface area contributed by atoms with Gasteiger partial charge in [0.15, 0.2) is 0 Å². The van der Waals surface area contributed by atoms with E-state index in [4.69, 9.17) is 15.7 Å². The molecule has 7 heteroatoms. The standard InChI is InChI=1S/C13H15NO2.C6H10N2O2/c1-9-11-5-3-4-6-13(11)14-12(9)7-8-16-10(2)15;7-3-1-5-10-6(9)2-4-8/h3-6,14H,7-8H2,1-2H3;1-2,4-5,8H2. The number of nitrogens with two attached hydrogens (primary N) is 1. The smallest absolute Gasteiger partial charge is 0.307 e. The van der Waals surface area contributed by atoms with E-state index in [0.717, 1.165) is 17.6 Å². The number of aryl methyl sites for hydroxylation is 1. The number of fused-ring (bicyclic) bond motifs is 1. The van der Waals surface area contributed by atoms with E-state index in [1.54, 1.807) is 0 Å². The Morgan fingerprint density at radius 2 is 1.96 bits per heavy atom. The highest BCUT2D eigenvalue weighted by molar-refractivity contribution is 5.84. The molecule has 3 N–H and O–H groups in total. The molecular formula is C19H25N3O4. The Hall–Kier alpha value is -2.85. The van der Waals surface area contributed by atoms with Crippen LogP contribution in [0.25, 0.3) is 10.9 Å². The monoisotopic (exact) mass is 359 g/mol. The number of hydrogen-bond acceptors (Lipinski definition) is 6. The van der Waals surface area contributed by atoms with E-state index >= 15 is 0 Å². The zero-order valence-corrected chi connectivity index (χ0v) is 15.2. The van der Waals surface area contributed by atoms with Crippen LogP contribution in [0.1, 0.15) is 31.0 Å². The molecule has 0 saturated carbocycles. The van der Waals surface area contributed by atoms with Crippen molar-refractivity contribution in [2.45, 2.75) is 33.1 Å². The van der Waals surface area contributed by atoms with Crippen LogP contribution in [0.5, 0.6) is 0 Å². The molecule has 0 radical (unpaired) electrons. The Bertz CT molecular complexity index is 762. The number of benzene rings is 1. The number of carbonyl (C=O) groups excluding carboxylic acids is 2. The van der Waals surface area contributed by atoms with E-state index in [1.807, 2.05) is 18.2 Å². The minimum Gasteiger partial charge on any atom is -0.465 e. The third-order valence-electron chi connectivity index (χ3n) is 3.55. The van der Waals surface area contributed by atoms with E-state index in [2.05, 4.69) is 28.8 Å². The van der Waals surface area contributed by atoms with Crippen molar-refractivity contribution in [3.05, 3.63) is 35.5 Å². The van der Waals surface area contributed by atoms with Gasteiger partial charge in [0.25, 0.3) is 0 Å². The molecule has 7 nitrogen and oxygen atoms in total. The molecule has 140 valence electrons. The lowest BCUT2D eigenvalue weighted by Gasteiger charge is -2.01. The van der Waals surface area contributed by atoms with Crippen LogP contribution in [0.15, 0.2) is 24.3 Å². The minimum atomic E-state index is -0.335. The number of hydrogen-bond donors (Lipinski definition) is 2. The lowest BCUT2D eigenvalue weighted by atomic mass is 10.1. The molecule has 0 spiro atoms. The van der Waals surface area contributed by atoms with Crippen molar-refractivity contribution < 1.29 is 19.1 Å². The molecule has 0 aliphatic carbocycles. The molecule has 1 aromatic carbocycles. The van der Waals surface area contributed by atoms with Crippen molar-refractivity contribution >= 4 is 22.8 Å². The van der Waals surface area contributed by atoms with Gasteiger partial charge in [0.05, 0.1) is 25.5 Å². The van der Waals surface area contributed by atoms with Gasteiger partial charge in [0.2, 0.25) is 0 Å². The normalized spacial score (nSPS) is 9.77. The largest absolute Gasteiger partial charge is 0.465 e. The summed E-state index contributed by atoms with van der Waals surface area (Å²) in [6.45, 7) is 4.42. The molecule has 1 aromatic heterocycles. The zero-order chi connectivity index (χ0) is 19.4. The van der Waals surface area contributed by atoms with E-state index in [9.17, 15) is 9.59 Å². The summed E-state index contributed by atoms with van der Waals surface area (Å²) >= 11 is 0. The van der Waals surface area contributed by atoms with Crippen molar-refractivity contribution in [2.75, 3.05) is 19.8 Å². The van der Waals surface area contributed by atoms with Crippen LogP contribution in [0.2, 0.25) is 0 Å². The quantitative estimate of drug-likeness (QED) is 0.579. The second kappa shape index (κ2) is 11.7. The lowest BCUT2D eigenvalue weighted by molar-refractivity contribution is -0.143. The summed E-state index contributed by atoms with van der Waals surface area (Å²) in [5.74, 6) is -0.563. The van der Waals surface area contributed by atoms with Crippen LogP contribution >= 0.6 is 0 Å². The van der Waals surface area contributed by atoms with Gasteiger partial charge in [-0.3, -0.25) is 9.59 Å². The summed E-state index contributed by atoms with van der Waals surface area (Å²) in [7, 11) is 0. The van der Waals surface area contributed by atoms with Gasteiger partial charge in [-0.25, -0.2) is 0 Å². The summed E-state index contributed by atoms with van der Waals surface area (Å²) < 4.78 is 9.52. The van der Waals surface area contributed by atoms with Gasteiger partial charge >= 0.3 is 11.9 Å². The van der Waals surface area contributed by atoms with Crippen molar-refractivity contribution in [1.29, 1.82) is 5.26 Å². The maximum Gasteiger partial charge on any atom is 0.307 e. The second-order valence-corrected chi connectivity index (χ2v) is 5.53. The van der Waals surface area contributed by atoms with Gasteiger partial charge < -0.3 is 20.2 Å². The maximum absolute atomic E-state index is 10.7. The Balaban J connectivity index is 0.000000294. The number of nitrogens with zero attached hydrogens (tertiary/aromatic N) is 1. The molecule has 2 aromatic rings. The summed E-state index contributed by atoms with van der Waals surface area (Å²) in [5, 5.41) is 9.28. The number of rotatable bonds is 7. The van der Waals surface area contributed by atoms with Gasteiger partial charge in [0, 0.05) is 36.5 Å². The van der Waals surface area contributed by atoms with E-state index in [0.29, 0.717) is 13.2 Å². The molecule has 0 aliphatic rings. The average Bonchev–Trinajstić information content (AvgIpc) is 2.92. The molecule has 1 heterocycles. The van der Waals surface area contributed by atoms with Gasteiger partial charge in [0.1, 0.15) is 6.61 Å². The third-order valence-corrected chi connectivity index (χ3v) is 3.55. The Morgan fingerprint density at radius 3 is 2.58 bits per heavy atom. The molecule has 0 unspecified atom stereocenters. The predicted molar refractivity (Wildman–Crippen MR) is 98.2 cm³/mol. The number of ether oxygens (including phenoxy) is 2. The fourth-order valence-corrected chi connectivity index (χ4v) is 2.29. The first-order valence-electron chi connectivity index (χ1n) is 8.41. The number of esters is 2. The number of H-pyrrole nitrogens is 1. The zero-order valence-electron chi connectivity index (χ0n) is 15.2. The van der Waals surface area contributed by atoms with E-state index < -0.39 is 0 Å². The molecule has 0 bridgehead atoms. The van der Waals surface area contributed by atoms with Crippen molar-refractivity contribution in [3.63, 3.8) is 0 Å². The average molecular weight is 359 g/mol. The molecule has 26 heavy (non-hydrogen) atoms. The number of aromatic nitrogens is 1. The first-order chi connectivity index (χ1) is 12.5. The number of para-hydroxylation sites is 1. The highest BCUT2D eigenvalue weighted by Crippen LogP contribution is 2.21. The van der Waals surface area contributed by atoms with Gasteiger partial charge in [-0.2, -0.15) is 5.26 Å². The Morgan fingerprint density at radius 1 is 1.23 bits per heavy atom. The molecule has 0 fully saturated rings. The first kappa shape index (κ1) is 21.2. The number of carbonyl (C=O) groups is 2. The van der Waals surface area contributed by atoms with Crippen LogP contribution in [-0.4, -0.2) is 36.7 Å². The van der Waals surface area contributed by atoms with Crippen LogP contribution in [0.3, 0.4) is 0 Å². The highest BCUT2D eigenvalue weighted by atomic mass is 16.5. The summed E-state index contributed by atoms with van der Waals surface area (Å²) in [5.41, 5.74) is 8.58. The van der Waals surface area contributed by atoms with Crippen LogP contribution in [0.4, 0.5) is 0 Å². The molecule has 0 aliphatic heterocycles. The molecular weight excluding hydrogens is 334 g/mol. The van der Waals surface area contributed by atoms with Crippen molar-refractivity contribution in [2.24, 2.45) is 5.73 Å². The topological polar surface area (TPSA) is 118 Å². The van der Waals surface area contributed by atoms with Gasteiger partial charge in [-0.05, 0) is 18.6 Å². The minimum absolute atomic E-state index is 0.176. The molecule has 0 atom stereocenters. The highest BCUT2D eigenvalue weighted by Gasteiger charge is 2.06. The van der Waals surface area contributed by atoms with Crippen LogP contribution in [0, 0.1) is 18.3 Å². The summed E-state index contributed by atoms with van der Waals surface area (Å²) in [6, 6.07) is 10.0. The summed E-state index contributed by atoms with van der Waals surface area (Å²) in [4.78, 5) is 24.5. The van der Waals surface area contributed by atoms with E-state index in [1.165, 1.54) is 17.9 Å². The van der Waals surface area contributed by atoms with Gasteiger partial charge in [-0.1, -0.05) is 18.2 Å². The third kappa shape index (κ3) is 7.36. The maximum atomic E-state index is 10.7.